The number of hydrogen-bond acceptors (Lipinski definition) is 4. The molecule has 0 radical (unpaired) electrons. The molecule has 0 amide bonds. The molecule has 0 aliphatic carbocycles. The number of unbranched alkanes of at least 4 members (excludes halogenated alkanes) is 6. The Balaban J connectivity index is 2.22. The first-order valence-corrected chi connectivity index (χ1v) is 11.1. The van der Waals surface area contributed by atoms with Crippen LogP contribution in [0.2, 0.25) is 0 Å². The maximum Gasteiger partial charge on any atom is 0.372 e. The van der Waals surface area contributed by atoms with Crippen LogP contribution >= 0.6 is 7.60 Å². The maximum absolute atomic E-state index is 11.6. The van der Waals surface area contributed by atoms with Crippen molar-refractivity contribution in [2.75, 3.05) is 0 Å². The van der Waals surface area contributed by atoms with Gasteiger partial charge in [0.25, 0.3) is 0 Å². The molecule has 0 spiro atoms. The largest absolute Gasteiger partial charge is 0.380 e. The topological polar surface area (TPSA) is 78.8 Å². The summed E-state index contributed by atoms with van der Waals surface area (Å²) < 4.78 is 16.4. The molecule has 0 bridgehead atoms. The summed E-state index contributed by atoms with van der Waals surface area (Å²) in [5, 5.41) is 9.40. The molecule has 1 rings (SSSR count). The molecular weight excluding hydrogens is 337 g/mol. The van der Waals surface area contributed by atoms with Crippen molar-refractivity contribution in [1.29, 1.82) is 0 Å². The monoisotopic (exact) mass is 371 g/mol. The summed E-state index contributed by atoms with van der Waals surface area (Å²) >= 11 is 0. The molecule has 0 aliphatic rings. The minimum absolute atomic E-state index is 0.169. The molecule has 2 unspecified atom stereocenters. The molecule has 1 aromatic rings. The zero-order valence-corrected chi connectivity index (χ0v) is 16.5. The Labute approximate surface area is 152 Å². The molecule has 5 nitrogen and oxygen atoms in total. The van der Waals surface area contributed by atoms with Crippen LogP contribution in [0.3, 0.4) is 0 Å². The summed E-state index contributed by atoms with van der Waals surface area (Å²) in [6, 6.07) is 8.16. The summed E-state index contributed by atoms with van der Waals surface area (Å²) in [6.07, 6.45) is 10.4. The average Bonchev–Trinajstić information content (AvgIpc) is 2.61. The van der Waals surface area contributed by atoms with E-state index in [-0.39, 0.29) is 6.42 Å². The smallest absolute Gasteiger partial charge is 0.372 e. The van der Waals surface area contributed by atoms with Crippen LogP contribution in [-0.4, -0.2) is 15.8 Å². The van der Waals surface area contributed by atoms with E-state index in [1.807, 2.05) is 12.1 Å². The predicted molar refractivity (Wildman–Crippen MR) is 102 cm³/mol. The van der Waals surface area contributed by atoms with Gasteiger partial charge in [-0.05, 0) is 30.4 Å². The minimum Gasteiger partial charge on any atom is -0.380 e. The van der Waals surface area contributed by atoms with Gasteiger partial charge in [-0.25, -0.2) is 4.62 Å². The standard InChI is InChI=1S/C19H34NO4P/c1-3-5-6-7-8-9-10-11-17-12-14-18(15-13-17)16-20-24-25(22,23)19(21)4-2/h12-15,19-21H,3-11,16H2,1-2H3,(H,22,23). The second-order valence-electron chi connectivity index (χ2n) is 6.55. The molecule has 0 aromatic heterocycles. The molecule has 6 heteroatoms. The van der Waals surface area contributed by atoms with Crippen LogP contribution in [0.4, 0.5) is 0 Å². The van der Waals surface area contributed by atoms with Crippen LogP contribution in [0.25, 0.3) is 0 Å². The zero-order valence-electron chi connectivity index (χ0n) is 15.6. The highest BCUT2D eigenvalue weighted by atomic mass is 31.2. The van der Waals surface area contributed by atoms with Crippen molar-refractivity contribution in [3.05, 3.63) is 35.4 Å². The Hall–Kier alpha value is -0.710. The lowest BCUT2D eigenvalue weighted by Crippen LogP contribution is -2.17. The molecule has 1 aromatic carbocycles. The van der Waals surface area contributed by atoms with Gasteiger partial charge in [0.15, 0.2) is 5.85 Å². The minimum atomic E-state index is -4.01. The van der Waals surface area contributed by atoms with E-state index < -0.39 is 13.4 Å². The SMILES string of the molecule is CCCCCCCCCc1ccc(CNOP(=O)(O)C(O)CC)cc1. The van der Waals surface area contributed by atoms with Gasteiger partial charge in [-0.3, -0.25) is 4.57 Å². The van der Waals surface area contributed by atoms with Crippen LogP contribution in [0.1, 0.15) is 76.3 Å². The third kappa shape index (κ3) is 9.53. The van der Waals surface area contributed by atoms with Gasteiger partial charge < -0.3 is 10.00 Å². The van der Waals surface area contributed by atoms with Gasteiger partial charge in [-0.1, -0.05) is 76.6 Å². The highest BCUT2D eigenvalue weighted by Gasteiger charge is 2.29. The molecule has 0 saturated carbocycles. The third-order valence-electron chi connectivity index (χ3n) is 4.31. The first kappa shape index (κ1) is 22.3. The first-order valence-electron chi connectivity index (χ1n) is 9.49. The van der Waals surface area contributed by atoms with Gasteiger partial charge in [0.2, 0.25) is 0 Å². The van der Waals surface area contributed by atoms with Gasteiger partial charge >= 0.3 is 7.60 Å². The van der Waals surface area contributed by atoms with E-state index >= 15 is 0 Å². The van der Waals surface area contributed by atoms with E-state index in [0.717, 1.165) is 12.0 Å². The molecule has 0 aliphatic heterocycles. The fourth-order valence-electron chi connectivity index (χ4n) is 2.61. The summed E-state index contributed by atoms with van der Waals surface area (Å²) in [5.74, 6) is -1.36. The first-order chi connectivity index (χ1) is 12.0. The van der Waals surface area contributed by atoms with Crippen LogP contribution in [0.15, 0.2) is 24.3 Å². The Kier molecular flexibility index (Phi) is 11.3. The Morgan fingerprint density at radius 1 is 1.00 bits per heavy atom. The van der Waals surface area contributed by atoms with Crippen molar-refractivity contribution in [2.24, 2.45) is 0 Å². The summed E-state index contributed by atoms with van der Waals surface area (Å²) in [6.45, 7) is 4.18. The summed E-state index contributed by atoms with van der Waals surface area (Å²) in [4.78, 5) is 9.51. The second-order valence-corrected chi connectivity index (χ2v) is 8.46. The van der Waals surface area contributed by atoms with Gasteiger partial charge in [-0.15, -0.1) is 0 Å². The average molecular weight is 371 g/mol. The zero-order chi connectivity index (χ0) is 18.5. The number of rotatable bonds is 14. The molecule has 0 heterocycles. The van der Waals surface area contributed by atoms with E-state index in [4.69, 9.17) is 4.62 Å². The lowest BCUT2D eigenvalue weighted by Gasteiger charge is -2.16. The lowest BCUT2D eigenvalue weighted by atomic mass is 10.0. The van der Waals surface area contributed by atoms with Crippen molar-refractivity contribution in [2.45, 2.75) is 84.0 Å². The van der Waals surface area contributed by atoms with Crippen molar-refractivity contribution in [1.82, 2.24) is 5.48 Å². The molecule has 0 saturated heterocycles. The van der Waals surface area contributed by atoms with Gasteiger partial charge in [0.05, 0.1) is 0 Å². The van der Waals surface area contributed by atoms with Crippen LogP contribution < -0.4 is 5.48 Å². The molecule has 144 valence electrons. The van der Waals surface area contributed by atoms with Gasteiger partial charge in [0, 0.05) is 6.54 Å². The number of benzene rings is 1. The van der Waals surface area contributed by atoms with Crippen LogP contribution in [-0.2, 0) is 22.2 Å². The third-order valence-corrected chi connectivity index (χ3v) is 5.81. The van der Waals surface area contributed by atoms with Crippen LogP contribution in [0.5, 0.6) is 0 Å². The molecular formula is C19H34NO4P. The Bertz CT molecular complexity index is 507. The number of aryl methyl sites for hydroxylation is 1. The summed E-state index contributed by atoms with van der Waals surface area (Å²) in [5.41, 5.74) is 4.76. The van der Waals surface area contributed by atoms with E-state index in [1.165, 1.54) is 50.5 Å². The van der Waals surface area contributed by atoms with E-state index in [1.54, 1.807) is 6.92 Å². The molecule has 25 heavy (non-hydrogen) atoms. The quantitative estimate of drug-likeness (QED) is 0.246. The maximum atomic E-state index is 11.6. The molecule has 3 N–H and O–H groups in total. The Morgan fingerprint density at radius 2 is 1.56 bits per heavy atom. The van der Waals surface area contributed by atoms with Crippen molar-refractivity contribution >= 4 is 7.60 Å². The van der Waals surface area contributed by atoms with Crippen LogP contribution in [0, 0.1) is 0 Å². The predicted octanol–water partition coefficient (Wildman–Crippen LogP) is 4.91. The highest BCUT2D eigenvalue weighted by molar-refractivity contribution is 7.53. The highest BCUT2D eigenvalue weighted by Crippen LogP contribution is 2.46. The fraction of sp³-hybridized carbons (Fsp3) is 0.684. The van der Waals surface area contributed by atoms with Crippen molar-refractivity contribution in [3.63, 3.8) is 0 Å². The second kappa shape index (κ2) is 12.6. The lowest BCUT2D eigenvalue weighted by molar-refractivity contribution is 0.118. The van der Waals surface area contributed by atoms with Crippen molar-refractivity contribution < 1.29 is 19.2 Å². The van der Waals surface area contributed by atoms with E-state index in [2.05, 4.69) is 24.5 Å². The molecule has 0 fully saturated rings. The van der Waals surface area contributed by atoms with E-state index in [9.17, 15) is 14.6 Å². The number of nitrogens with one attached hydrogen (secondary N) is 1. The van der Waals surface area contributed by atoms with Crippen molar-refractivity contribution in [3.8, 4) is 0 Å². The van der Waals surface area contributed by atoms with Gasteiger partial charge in [-0.2, -0.15) is 5.48 Å². The van der Waals surface area contributed by atoms with Gasteiger partial charge in [0.1, 0.15) is 0 Å². The number of hydrogen-bond donors (Lipinski definition) is 3. The normalized spacial score (nSPS) is 15.0. The number of hydroxylamine groups is 1. The fourth-order valence-corrected chi connectivity index (χ4v) is 3.44. The number of aliphatic hydroxyl groups excluding tert-OH is 1. The summed E-state index contributed by atoms with van der Waals surface area (Å²) in [7, 11) is -4.01. The number of aliphatic hydroxyl groups is 1. The molecule has 2 atom stereocenters. The Morgan fingerprint density at radius 3 is 2.16 bits per heavy atom. The van der Waals surface area contributed by atoms with E-state index in [0.29, 0.717) is 6.54 Å².